The number of fused-ring (bicyclic) bond motifs is 1. The summed E-state index contributed by atoms with van der Waals surface area (Å²) >= 11 is 1.32. The van der Waals surface area contributed by atoms with E-state index in [-0.39, 0.29) is 5.91 Å². The number of carbonyl (C=O) groups is 1. The molecule has 2 heterocycles. The molecule has 7 heteroatoms. The van der Waals surface area contributed by atoms with Crippen molar-refractivity contribution in [2.45, 2.75) is 13.5 Å². The summed E-state index contributed by atoms with van der Waals surface area (Å²) < 4.78 is 1.77. The van der Waals surface area contributed by atoms with Crippen LogP contribution in [0.15, 0.2) is 29.6 Å². The number of hydrogen-bond acceptors (Lipinski definition) is 5. The van der Waals surface area contributed by atoms with Crippen molar-refractivity contribution in [1.29, 1.82) is 5.26 Å². The van der Waals surface area contributed by atoms with E-state index < -0.39 is 0 Å². The number of anilines is 1. The minimum absolute atomic E-state index is 0.262. The molecule has 104 valence electrons. The average molecular weight is 297 g/mol. The maximum absolute atomic E-state index is 12.2. The van der Waals surface area contributed by atoms with Gasteiger partial charge in [0.05, 0.1) is 11.1 Å². The Morgan fingerprint density at radius 1 is 1.48 bits per heavy atom. The molecule has 1 aromatic carbocycles. The standard InChI is InChI=1S/C14H11N5OS/c1-2-19-12-4-3-9(7-11(12)17-18-19)13(20)16-14-10(8-15)5-6-21-14/h3-7H,2H2,1H3,(H,16,20). The van der Waals surface area contributed by atoms with Gasteiger partial charge in [0.15, 0.2) is 0 Å². The Hall–Kier alpha value is -2.72. The molecule has 0 unspecified atom stereocenters. The van der Waals surface area contributed by atoms with Crippen LogP contribution in [0, 0.1) is 11.3 Å². The normalized spacial score (nSPS) is 10.5. The van der Waals surface area contributed by atoms with Gasteiger partial charge in [-0.3, -0.25) is 4.79 Å². The van der Waals surface area contributed by atoms with Gasteiger partial charge in [0, 0.05) is 12.1 Å². The van der Waals surface area contributed by atoms with Crippen LogP contribution in [0.25, 0.3) is 11.0 Å². The van der Waals surface area contributed by atoms with Gasteiger partial charge in [0.1, 0.15) is 16.6 Å². The number of nitriles is 1. The van der Waals surface area contributed by atoms with Crippen LogP contribution in [0.4, 0.5) is 5.00 Å². The molecule has 1 amide bonds. The quantitative estimate of drug-likeness (QED) is 0.805. The van der Waals surface area contributed by atoms with Gasteiger partial charge in [0.25, 0.3) is 5.91 Å². The summed E-state index contributed by atoms with van der Waals surface area (Å²) in [4.78, 5) is 12.2. The number of rotatable bonds is 3. The zero-order chi connectivity index (χ0) is 14.8. The first-order valence-corrected chi connectivity index (χ1v) is 7.23. The lowest BCUT2D eigenvalue weighted by Gasteiger charge is -2.03. The number of aromatic nitrogens is 3. The molecule has 1 N–H and O–H groups in total. The van der Waals surface area contributed by atoms with Crippen molar-refractivity contribution in [2.24, 2.45) is 0 Å². The minimum atomic E-state index is -0.262. The Balaban J connectivity index is 1.90. The van der Waals surface area contributed by atoms with E-state index in [2.05, 4.69) is 15.6 Å². The third kappa shape index (κ3) is 2.37. The van der Waals surface area contributed by atoms with Crippen molar-refractivity contribution in [3.05, 3.63) is 40.8 Å². The molecule has 2 aromatic heterocycles. The second kappa shape index (κ2) is 5.34. The number of carbonyl (C=O) groups excluding carboxylic acids is 1. The molecule has 0 aliphatic rings. The van der Waals surface area contributed by atoms with E-state index in [4.69, 9.17) is 5.26 Å². The van der Waals surface area contributed by atoms with Gasteiger partial charge in [-0.2, -0.15) is 5.26 Å². The zero-order valence-corrected chi connectivity index (χ0v) is 12.0. The number of benzene rings is 1. The summed E-state index contributed by atoms with van der Waals surface area (Å²) in [6, 6.07) is 8.97. The maximum Gasteiger partial charge on any atom is 0.256 e. The van der Waals surface area contributed by atoms with Gasteiger partial charge in [-0.05, 0) is 36.6 Å². The molecule has 0 saturated heterocycles. The number of nitrogens with one attached hydrogen (secondary N) is 1. The van der Waals surface area contributed by atoms with Gasteiger partial charge < -0.3 is 5.32 Å². The molecule has 0 spiro atoms. The van der Waals surface area contributed by atoms with Crippen molar-refractivity contribution in [2.75, 3.05) is 5.32 Å². The van der Waals surface area contributed by atoms with Crippen LogP contribution in [-0.4, -0.2) is 20.9 Å². The van der Waals surface area contributed by atoms with E-state index in [9.17, 15) is 4.79 Å². The summed E-state index contributed by atoms with van der Waals surface area (Å²) in [6.07, 6.45) is 0. The summed E-state index contributed by atoms with van der Waals surface area (Å²) in [5.74, 6) is -0.262. The fraction of sp³-hybridized carbons (Fsp3) is 0.143. The van der Waals surface area contributed by atoms with E-state index in [0.29, 0.717) is 21.6 Å². The first-order chi connectivity index (χ1) is 10.2. The lowest BCUT2D eigenvalue weighted by atomic mass is 10.2. The molecule has 6 nitrogen and oxygen atoms in total. The predicted molar refractivity (Wildman–Crippen MR) is 80.2 cm³/mol. The van der Waals surface area contributed by atoms with Crippen LogP contribution < -0.4 is 5.32 Å². The van der Waals surface area contributed by atoms with Crippen molar-refractivity contribution in [3.63, 3.8) is 0 Å². The number of amides is 1. The fourth-order valence-corrected chi connectivity index (χ4v) is 2.75. The highest BCUT2D eigenvalue weighted by Crippen LogP contribution is 2.23. The summed E-state index contributed by atoms with van der Waals surface area (Å²) in [5, 5.41) is 22.1. The van der Waals surface area contributed by atoms with E-state index >= 15 is 0 Å². The zero-order valence-electron chi connectivity index (χ0n) is 11.2. The van der Waals surface area contributed by atoms with Gasteiger partial charge in [0.2, 0.25) is 0 Å². The van der Waals surface area contributed by atoms with Gasteiger partial charge in [-0.25, -0.2) is 4.68 Å². The number of aryl methyl sites for hydroxylation is 1. The first kappa shape index (κ1) is 13.3. The molecule has 21 heavy (non-hydrogen) atoms. The maximum atomic E-state index is 12.2. The molecule has 3 rings (SSSR count). The molecule has 0 fully saturated rings. The second-order valence-electron chi connectivity index (χ2n) is 4.34. The fourth-order valence-electron chi connectivity index (χ4n) is 2.02. The van der Waals surface area contributed by atoms with Gasteiger partial charge >= 0.3 is 0 Å². The van der Waals surface area contributed by atoms with Gasteiger partial charge in [-0.1, -0.05) is 5.21 Å². The molecule has 0 bridgehead atoms. The Morgan fingerprint density at radius 3 is 3.10 bits per heavy atom. The lowest BCUT2D eigenvalue weighted by Crippen LogP contribution is -2.11. The monoisotopic (exact) mass is 297 g/mol. The average Bonchev–Trinajstić information content (AvgIpc) is 3.12. The molecule has 0 aliphatic carbocycles. The molecule has 0 atom stereocenters. The third-order valence-corrected chi connectivity index (χ3v) is 3.92. The van der Waals surface area contributed by atoms with E-state index in [0.717, 1.165) is 12.1 Å². The van der Waals surface area contributed by atoms with Crippen molar-refractivity contribution < 1.29 is 4.79 Å². The van der Waals surface area contributed by atoms with E-state index in [1.54, 1.807) is 28.3 Å². The summed E-state index contributed by atoms with van der Waals surface area (Å²) in [6.45, 7) is 2.71. The Kier molecular flexibility index (Phi) is 3.38. The lowest BCUT2D eigenvalue weighted by molar-refractivity contribution is 0.102. The Morgan fingerprint density at radius 2 is 2.33 bits per heavy atom. The van der Waals surface area contributed by atoms with Crippen LogP contribution in [0.2, 0.25) is 0 Å². The SMILES string of the molecule is CCn1nnc2cc(C(=O)Nc3sccc3C#N)ccc21. The van der Waals surface area contributed by atoms with E-state index in [1.807, 2.05) is 19.1 Å². The predicted octanol–water partition coefficient (Wildman–Crippen LogP) is 2.64. The Bertz CT molecular complexity index is 858. The van der Waals surface area contributed by atoms with Crippen molar-refractivity contribution in [3.8, 4) is 6.07 Å². The summed E-state index contributed by atoms with van der Waals surface area (Å²) in [7, 11) is 0. The largest absolute Gasteiger partial charge is 0.312 e. The van der Waals surface area contributed by atoms with Crippen LogP contribution in [-0.2, 0) is 6.54 Å². The molecule has 0 saturated carbocycles. The molecule has 3 aromatic rings. The van der Waals surface area contributed by atoms with Crippen molar-refractivity contribution >= 4 is 33.3 Å². The number of thiophene rings is 1. The van der Waals surface area contributed by atoms with Crippen LogP contribution >= 0.6 is 11.3 Å². The third-order valence-electron chi connectivity index (χ3n) is 3.09. The topological polar surface area (TPSA) is 83.6 Å². The second-order valence-corrected chi connectivity index (χ2v) is 5.25. The van der Waals surface area contributed by atoms with Crippen LogP contribution in [0.1, 0.15) is 22.8 Å². The molecular formula is C14H11N5OS. The van der Waals surface area contributed by atoms with Gasteiger partial charge in [-0.15, -0.1) is 16.4 Å². The number of hydrogen-bond donors (Lipinski definition) is 1. The highest BCUT2D eigenvalue weighted by molar-refractivity contribution is 7.14. The van der Waals surface area contributed by atoms with Crippen LogP contribution in [0.5, 0.6) is 0 Å². The Labute approximate surface area is 124 Å². The highest BCUT2D eigenvalue weighted by Gasteiger charge is 2.12. The number of nitrogens with zero attached hydrogens (tertiary/aromatic N) is 4. The van der Waals surface area contributed by atoms with E-state index in [1.165, 1.54) is 11.3 Å². The summed E-state index contributed by atoms with van der Waals surface area (Å²) in [5.41, 5.74) is 2.52. The molecular weight excluding hydrogens is 286 g/mol. The minimum Gasteiger partial charge on any atom is -0.312 e. The molecule has 0 radical (unpaired) electrons. The highest BCUT2D eigenvalue weighted by atomic mass is 32.1. The molecule has 0 aliphatic heterocycles. The van der Waals surface area contributed by atoms with Crippen LogP contribution in [0.3, 0.4) is 0 Å². The smallest absolute Gasteiger partial charge is 0.256 e. The van der Waals surface area contributed by atoms with Crippen molar-refractivity contribution in [1.82, 2.24) is 15.0 Å². The first-order valence-electron chi connectivity index (χ1n) is 6.35.